The van der Waals surface area contributed by atoms with Crippen LogP contribution in [0.5, 0.6) is 0 Å². The Labute approximate surface area is 106 Å². The van der Waals surface area contributed by atoms with Crippen LogP contribution in [-0.2, 0) is 0 Å². The molecule has 0 aromatic carbocycles. The Morgan fingerprint density at radius 3 is 2.85 bits per heavy atom. The number of halogens is 3. The summed E-state index contributed by atoms with van der Waals surface area (Å²) in [6.07, 6.45) is 0. The van der Waals surface area contributed by atoms with E-state index in [0.717, 1.165) is 17.6 Å². The van der Waals surface area contributed by atoms with E-state index in [1.807, 2.05) is 6.92 Å². The molecule has 0 spiro atoms. The Bertz CT molecular complexity index is 485. The Morgan fingerprint density at radius 1 is 1.46 bits per heavy atom. The van der Waals surface area contributed by atoms with Gasteiger partial charge in [0.15, 0.2) is 0 Å². The van der Waals surface area contributed by atoms with Crippen LogP contribution in [-0.4, -0.2) is 9.97 Å². The zero-order valence-corrected chi connectivity index (χ0v) is 11.8. The molecule has 0 saturated heterocycles. The van der Waals surface area contributed by atoms with Gasteiger partial charge in [0.25, 0.3) is 0 Å². The summed E-state index contributed by atoms with van der Waals surface area (Å²) in [5.41, 5.74) is 0. The average molecular weight is 389 g/mol. The molecule has 2 nitrogen and oxygen atoms in total. The van der Waals surface area contributed by atoms with Gasteiger partial charge in [0.1, 0.15) is 15.8 Å². The van der Waals surface area contributed by atoms with Crippen molar-refractivity contribution < 1.29 is 0 Å². The summed E-state index contributed by atoms with van der Waals surface area (Å²) in [5, 5.41) is 1.44. The van der Waals surface area contributed by atoms with Gasteiger partial charge < -0.3 is 0 Å². The molecule has 13 heavy (non-hydrogen) atoms. The minimum Gasteiger partial charge on any atom is -0.222 e. The lowest BCUT2D eigenvalue weighted by molar-refractivity contribution is 1.10. The summed E-state index contributed by atoms with van der Waals surface area (Å²) in [7, 11) is 0. The largest absolute Gasteiger partial charge is 0.222 e. The quantitative estimate of drug-likeness (QED) is 0.502. The standard InChI is InChI=1S/C7H3BrClIN2S/c1-2-11-5(9)3-4(8)6(10)13-7(3)12-2/h1H3. The second kappa shape index (κ2) is 3.60. The van der Waals surface area contributed by atoms with Crippen molar-refractivity contribution in [3.8, 4) is 0 Å². The van der Waals surface area contributed by atoms with Crippen LogP contribution < -0.4 is 0 Å². The molecular formula is C7H3BrClIN2S. The van der Waals surface area contributed by atoms with E-state index in [0.29, 0.717) is 11.0 Å². The predicted molar refractivity (Wildman–Crippen MR) is 67.6 cm³/mol. The van der Waals surface area contributed by atoms with E-state index in [2.05, 4.69) is 48.5 Å². The number of aryl methyl sites for hydroxylation is 1. The van der Waals surface area contributed by atoms with E-state index < -0.39 is 0 Å². The molecule has 68 valence electrons. The van der Waals surface area contributed by atoms with Crippen LogP contribution in [0.3, 0.4) is 0 Å². The zero-order valence-electron chi connectivity index (χ0n) is 6.44. The van der Waals surface area contributed by atoms with Crippen molar-refractivity contribution in [2.45, 2.75) is 6.92 Å². The van der Waals surface area contributed by atoms with Gasteiger partial charge in [-0.05, 0) is 45.4 Å². The summed E-state index contributed by atoms with van der Waals surface area (Å²) in [6, 6.07) is 0. The van der Waals surface area contributed by atoms with Gasteiger partial charge in [-0.15, -0.1) is 11.3 Å². The van der Waals surface area contributed by atoms with Crippen molar-refractivity contribution in [3.63, 3.8) is 0 Å². The lowest BCUT2D eigenvalue weighted by Gasteiger charge is -1.95. The molecule has 0 amide bonds. The summed E-state index contributed by atoms with van der Waals surface area (Å²) in [6.45, 7) is 1.84. The number of thiophene rings is 1. The van der Waals surface area contributed by atoms with Crippen LogP contribution in [0, 0.1) is 9.81 Å². The first kappa shape index (κ1) is 10.1. The summed E-state index contributed by atoms with van der Waals surface area (Å²) in [5.74, 6) is 0.711. The molecule has 0 aliphatic heterocycles. The smallest absolute Gasteiger partial charge is 0.142 e. The van der Waals surface area contributed by atoms with Crippen molar-refractivity contribution in [2.75, 3.05) is 0 Å². The van der Waals surface area contributed by atoms with E-state index in [1.165, 1.54) is 0 Å². The Balaban J connectivity index is 2.94. The number of hydrogen-bond acceptors (Lipinski definition) is 3. The first-order chi connectivity index (χ1) is 6.09. The highest BCUT2D eigenvalue weighted by molar-refractivity contribution is 14.1. The maximum Gasteiger partial charge on any atom is 0.142 e. The van der Waals surface area contributed by atoms with Crippen LogP contribution in [0.1, 0.15) is 5.82 Å². The van der Waals surface area contributed by atoms with Crippen LogP contribution >= 0.6 is 61.5 Å². The topological polar surface area (TPSA) is 25.8 Å². The predicted octanol–water partition coefficient (Wildman–Crippen LogP) is 4.02. The van der Waals surface area contributed by atoms with E-state index in [4.69, 9.17) is 11.6 Å². The molecule has 0 bridgehead atoms. The van der Waals surface area contributed by atoms with Gasteiger partial charge in [-0.1, -0.05) is 11.6 Å². The number of nitrogens with zero attached hydrogens (tertiary/aromatic N) is 2. The highest BCUT2D eigenvalue weighted by atomic mass is 127. The molecule has 0 aliphatic carbocycles. The van der Waals surface area contributed by atoms with Gasteiger partial charge in [0.2, 0.25) is 0 Å². The Kier molecular flexibility index (Phi) is 2.79. The molecule has 0 atom stereocenters. The fourth-order valence-electron chi connectivity index (χ4n) is 1.00. The number of fused-ring (bicyclic) bond motifs is 1. The van der Waals surface area contributed by atoms with E-state index in [9.17, 15) is 0 Å². The third-order valence-electron chi connectivity index (χ3n) is 1.52. The Morgan fingerprint density at radius 2 is 2.15 bits per heavy atom. The third kappa shape index (κ3) is 1.71. The van der Waals surface area contributed by atoms with E-state index in [1.54, 1.807) is 11.3 Å². The van der Waals surface area contributed by atoms with Gasteiger partial charge in [0, 0.05) is 0 Å². The molecule has 2 heterocycles. The van der Waals surface area contributed by atoms with Crippen LogP contribution in [0.2, 0.25) is 5.15 Å². The zero-order chi connectivity index (χ0) is 9.59. The molecule has 0 unspecified atom stereocenters. The molecule has 0 saturated carbocycles. The lowest BCUT2D eigenvalue weighted by Crippen LogP contribution is -1.86. The lowest BCUT2D eigenvalue weighted by atomic mass is 10.4. The van der Waals surface area contributed by atoms with Crippen LogP contribution in [0.15, 0.2) is 4.47 Å². The van der Waals surface area contributed by atoms with Crippen molar-refractivity contribution in [1.29, 1.82) is 0 Å². The van der Waals surface area contributed by atoms with Crippen molar-refractivity contribution in [2.24, 2.45) is 0 Å². The second-order valence-corrected chi connectivity index (χ2v) is 6.39. The fourth-order valence-corrected chi connectivity index (χ4v) is 3.96. The summed E-state index contributed by atoms with van der Waals surface area (Å²) in [4.78, 5) is 9.35. The van der Waals surface area contributed by atoms with Gasteiger partial charge in [-0.3, -0.25) is 0 Å². The molecule has 0 N–H and O–H groups in total. The maximum absolute atomic E-state index is 6.00. The highest BCUT2D eigenvalue weighted by Gasteiger charge is 2.13. The number of hydrogen-bond donors (Lipinski definition) is 0. The minimum atomic E-state index is 0.522. The minimum absolute atomic E-state index is 0.522. The molecule has 2 rings (SSSR count). The molecule has 0 radical (unpaired) electrons. The van der Waals surface area contributed by atoms with E-state index >= 15 is 0 Å². The van der Waals surface area contributed by atoms with Crippen molar-refractivity contribution in [3.05, 3.63) is 18.3 Å². The maximum atomic E-state index is 6.00. The van der Waals surface area contributed by atoms with Gasteiger partial charge in [0.05, 0.1) is 12.7 Å². The molecule has 2 aromatic heterocycles. The molecular weight excluding hydrogens is 386 g/mol. The normalized spacial score (nSPS) is 11.1. The first-order valence-corrected chi connectivity index (χ1v) is 6.44. The van der Waals surface area contributed by atoms with E-state index in [-0.39, 0.29) is 0 Å². The van der Waals surface area contributed by atoms with Gasteiger partial charge in [-0.2, -0.15) is 0 Å². The first-order valence-electron chi connectivity index (χ1n) is 3.37. The summed E-state index contributed by atoms with van der Waals surface area (Å²) >= 11 is 13.3. The van der Waals surface area contributed by atoms with Crippen molar-refractivity contribution >= 4 is 71.7 Å². The SMILES string of the molecule is Cc1nc(Cl)c2c(Br)c(I)sc2n1. The molecule has 0 fully saturated rings. The molecule has 6 heteroatoms. The van der Waals surface area contributed by atoms with Crippen molar-refractivity contribution in [1.82, 2.24) is 9.97 Å². The third-order valence-corrected chi connectivity index (χ3v) is 5.66. The van der Waals surface area contributed by atoms with Crippen LogP contribution in [0.25, 0.3) is 10.2 Å². The number of rotatable bonds is 0. The highest BCUT2D eigenvalue weighted by Crippen LogP contribution is 2.38. The fraction of sp³-hybridized carbons (Fsp3) is 0.143. The van der Waals surface area contributed by atoms with Gasteiger partial charge >= 0.3 is 0 Å². The molecule has 0 aliphatic rings. The summed E-state index contributed by atoms with van der Waals surface area (Å²) < 4.78 is 2.15. The van der Waals surface area contributed by atoms with Crippen LogP contribution in [0.4, 0.5) is 0 Å². The Hall–Kier alpha value is 0.540. The average Bonchev–Trinajstić information content (AvgIpc) is 2.27. The molecule has 2 aromatic rings. The second-order valence-electron chi connectivity index (χ2n) is 2.43. The monoisotopic (exact) mass is 388 g/mol. The number of aromatic nitrogens is 2. The van der Waals surface area contributed by atoms with Gasteiger partial charge in [-0.25, -0.2) is 9.97 Å².